The smallest absolute Gasteiger partial charge is 0.245 e. The van der Waals surface area contributed by atoms with E-state index in [0.717, 1.165) is 6.54 Å². The molecule has 1 fully saturated rings. The van der Waals surface area contributed by atoms with Crippen LogP contribution in [0.1, 0.15) is 19.8 Å². The van der Waals surface area contributed by atoms with E-state index in [0.29, 0.717) is 19.4 Å². The topological polar surface area (TPSA) is 12.0 Å². The summed E-state index contributed by atoms with van der Waals surface area (Å²) < 4.78 is 24.7. The molecule has 1 nitrogen and oxygen atoms in total. The van der Waals surface area contributed by atoms with E-state index in [-0.39, 0.29) is 0 Å². The first-order valence-corrected chi connectivity index (χ1v) is 3.70. The quantitative estimate of drug-likeness (QED) is 0.629. The average Bonchev–Trinajstić information content (AvgIpc) is 2.35. The molecular weight excluding hydrogens is 136 g/mol. The second kappa shape index (κ2) is 2.82. The van der Waals surface area contributed by atoms with E-state index in [9.17, 15) is 8.78 Å². The van der Waals surface area contributed by atoms with Crippen molar-refractivity contribution in [3.05, 3.63) is 0 Å². The molecule has 1 rings (SSSR count). The highest BCUT2D eigenvalue weighted by atomic mass is 19.3. The zero-order valence-electron chi connectivity index (χ0n) is 6.16. The van der Waals surface area contributed by atoms with Crippen molar-refractivity contribution >= 4 is 0 Å². The van der Waals surface area contributed by atoms with E-state index in [1.807, 2.05) is 6.92 Å². The highest BCUT2D eigenvalue weighted by molar-refractivity contribution is 4.88. The molecule has 3 heteroatoms. The third kappa shape index (κ3) is 1.15. The molecule has 0 aromatic rings. The first-order chi connectivity index (χ1) is 4.71. The maximum atomic E-state index is 12.4. The van der Waals surface area contributed by atoms with Gasteiger partial charge in [0.15, 0.2) is 0 Å². The van der Waals surface area contributed by atoms with E-state index in [1.165, 1.54) is 0 Å². The fourth-order valence-electron chi connectivity index (χ4n) is 1.41. The van der Waals surface area contributed by atoms with Crippen molar-refractivity contribution in [2.45, 2.75) is 26.2 Å². The third-order valence-electron chi connectivity index (χ3n) is 2.44. The largest absolute Gasteiger partial charge is 0.316 e. The summed E-state index contributed by atoms with van der Waals surface area (Å²) in [5, 5.41) is 2.97. The Labute approximate surface area is 59.8 Å². The van der Waals surface area contributed by atoms with Gasteiger partial charge in [-0.3, -0.25) is 0 Å². The second-order valence-corrected chi connectivity index (χ2v) is 2.94. The molecule has 1 aliphatic rings. The van der Waals surface area contributed by atoms with Crippen LogP contribution >= 0.6 is 0 Å². The summed E-state index contributed by atoms with van der Waals surface area (Å²) in [5.41, 5.74) is -0.708. The molecule has 0 aliphatic carbocycles. The van der Waals surface area contributed by atoms with E-state index < -0.39 is 11.8 Å². The molecule has 0 amide bonds. The zero-order valence-corrected chi connectivity index (χ0v) is 6.16. The van der Waals surface area contributed by atoms with Crippen molar-refractivity contribution in [3.63, 3.8) is 0 Å². The molecule has 1 aliphatic heterocycles. The van der Waals surface area contributed by atoms with E-state index in [4.69, 9.17) is 0 Å². The van der Waals surface area contributed by atoms with Crippen LogP contribution < -0.4 is 5.32 Å². The van der Waals surface area contributed by atoms with Crippen LogP contribution in [0.15, 0.2) is 0 Å². The molecule has 0 aromatic heterocycles. The van der Waals surface area contributed by atoms with Crippen molar-refractivity contribution in [3.8, 4) is 0 Å². The number of hydrogen-bond acceptors (Lipinski definition) is 1. The first-order valence-electron chi connectivity index (χ1n) is 3.70. The van der Waals surface area contributed by atoms with Gasteiger partial charge in [-0.1, -0.05) is 6.92 Å². The Morgan fingerprint density at radius 2 is 2.30 bits per heavy atom. The molecule has 1 heterocycles. The summed E-state index contributed by atoms with van der Waals surface area (Å²) in [6.45, 7) is 3.07. The normalized spacial score (nSPS) is 33.6. The second-order valence-electron chi connectivity index (χ2n) is 2.94. The van der Waals surface area contributed by atoms with Gasteiger partial charge in [-0.15, -0.1) is 0 Å². The van der Waals surface area contributed by atoms with E-state index in [1.54, 1.807) is 0 Å². The predicted octanol–water partition coefficient (Wildman–Crippen LogP) is 1.64. The summed E-state index contributed by atoms with van der Waals surface area (Å²) in [4.78, 5) is 0. The van der Waals surface area contributed by atoms with Crippen LogP contribution in [-0.2, 0) is 0 Å². The lowest BCUT2D eigenvalue weighted by Gasteiger charge is -2.24. The summed E-state index contributed by atoms with van der Waals surface area (Å²) in [6.07, 6.45) is -0.953. The monoisotopic (exact) mass is 149 g/mol. The van der Waals surface area contributed by atoms with E-state index >= 15 is 0 Å². The van der Waals surface area contributed by atoms with Crippen LogP contribution in [-0.4, -0.2) is 19.5 Å². The minimum atomic E-state index is -2.16. The average molecular weight is 149 g/mol. The number of halogens is 2. The van der Waals surface area contributed by atoms with Crippen molar-refractivity contribution in [2.24, 2.45) is 5.41 Å². The fraction of sp³-hybridized carbons (Fsp3) is 1.00. The Bertz CT molecular complexity index is 108. The van der Waals surface area contributed by atoms with Crippen LogP contribution in [0, 0.1) is 5.41 Å². The lowest BCUT2D eigenvalue weighted by atomic mass is 9.85. The first kappa shape index (κ1) is 7.92. The molecule has 0 aromatic carbocycles. The highest BCUT2D eigenvalue weighted by Crippen LogP contribution is 2.35. The van der Waals surface area contributed by atoms with Gasteiger partial charge >= 0.3 is 0 Å². The van der Waals surface area contributed by atoms with Crippen LogP contribution in [0.4, 0.5) is 8.78 Å². The molecule has 10 heavy (non-hydrogen) atoms. The summed E-state index contributed by atoms with van der Waals surface area (Å²) >= 11 is 0. The Kier molecular flexibility index (Phi) is 2.24. The SMILES string of the molecule is CCC1(C(F)F)CCNC1. The minimum Gasteiger partial charge on any atom is -0.316 e. The molecule has 1 saturated heterocycles. The Balaban J connectivity index is 2.58. The maximum absolute atomic E-state index is 12.4. The maximum Gasteiger partial charge on any atom is 0.245 e. The molecule has 60 valence electrons. The number of hydrogen-bond donors (Lipinski definition) is 1. The molecular formula is C7H13F2N. The van der Waals surface area contributed by atoms with Crippen LogP contribution in [0.5, 0.6) is 0 Å². The fourth-order valence-corrected chi connectivity index (χ4v) is 1.41. The Morgan fingerprint density at radius 1 is 1.60 bits per heavy atom. The number of alkyl halides is 2. The molecule has 1 atom stereocenters. The van der Waals surface area contributed by atoms with Gasteiger partial charge in [-0.2, -0.15) is 0 Å². The zero-order chi connectivity index (χ0) is 7.61. The summed E-state index contributed by atoms with van der Waals surface area (Å²) in [6, 6.07) is 0. The lowest BCUT2D eigenvalue weighted by Crippen LogP contribution is -2.31. The molecule has 0 radical (unpaired) electrons. The molecule has 0 bridgehead atoms. The Morgan fingerprint density at radius 3 is 2.50 bits per heavy atom. The predicted molar refractivity (Wildman–Crippen MR) is 36.2 cm³/mol. The van der Waals surface area contributed by atoms with E-state index in [2.05, 4.69) is 5.32 Å². The summed E-state index contributed by atoms with van der Waals surface area (Å²) in [5.74, 6) is 0. The molecule has 0 spiro atoms. The van der Waals surface area contributed by atoms with Gasteiger partial charge in [-0.25, -0.2) is 8.78 Å². The summed E-state index contributed by atoms with van der Waals surface area (Å²) in [7, 11) is 0. The van der Waals surface area contributed by atoms with Crippen molar-refractivity contribution in [1.82, 2.24) is 5.32 Å². The number of rotatable bonds is 2. The highest BCUT2D eigenvalue weighted by Gasteiger charge is 2.40. The van der Waals surface area contributed by atoms with Crippen molar-refractivity contribution in [1.29, 1.82) is 0 Å². The van der Waals surface area contributed by atoms with Gasteiger partial charge in [0, 0.05) is 12.0 Å². The Hall–Kier alpha value is -0.180. The lowest BCUT2D eigenvalue weighted by molar-refractivity contribution is 0.00538. The van der Waals surface area contributed by atoms with Gasteiger partial charge < -0.3 is 5.32 Å². The third-order valence-corrected chi connectivity index (χ3v) is 2.44. The van der Waals surface area contributed by atoms with Gasteiger partial charge in [0.05, 0.1) is 0 Å². The molecule has 1 N–H and O–H groups in total. The number of nitrogens with one attached hydrogen (secondary N) is 1. The van der Waals surface area contributed by atoms with Crippen LogP contribution in [0.2, 0.25) is 0 Å². The van der Waals surface area contributed by atoms with Gasteiger partial charge in [0.25, 0.3) is 0 Å². The minimum absolute atomic E-state index is 0.487. The van der Waals surface area contributed by atoms with Crippen molar-refractivity contribution in [2.75, 3.05) is 13.1 Å². The van der Waals surface area contributed by atoms with Gasteiger partial charge in [0.2, 0.25) is 6.43 Å². The van der Waals surface area contributed by atoms with Crippen LogP contribution in [0.25, 0.3) is 0 Å². The standard InChI is InChI=1S/C7H13F2N/c1-2-7(6(8)9)3-4-10-5-7/h6,10H,2-5H2,1H3. The van der Waals surface area contributed by atoms with Gasteiger partial charge in [0.1, 0.15) is 0 Å². The van der Waals surface area contributed by atoms with Crippen molar-refractivity contribution < 1.29 is 8.78 Å². The van der Waals surface area contributed by atoms with Crippen LogP contribution in [0.3, 0.4) is 0 Å². The molecule has 0 saturated carbocycles. The van der Waals surface area contributed by atoms with Gasteiger partial charge in [-0.05, 0) is 19.4 Å². The molecule has 1 unspecified atom stereocenters.